The van der Waals surface area contributed by atoms with E-state index in [-0.39, 0.29) is 11.4 Å². The number of esters is 2. The van der Waals surface area contributed by atoms with E-state index in [9.17, 15) is 9.59 Å². The molecule has 0 spiro atoms. The van der Waals surface area contributed by atoms with Crippen LogP contribution in [0.2, 0.25) is 0 Å². The molecule has 8 nitrogen and oxygen atoms in total. The van der Waals surface area contributed by atoms with Crippen molar-refractivity contribution < 1.29 is 28.8 Å². The lowest BCUT2D eigenvalue weighted by Gasteiger charge is -2.30. The Labute approximate surface area is 149 Å². The van der Waals surface area contributed by atoms with Gasteiger partial charge in [0.1, 0.15) is 12.2 Å². The van der Waals surface area contributed by atoms with Gasteiger partial charge in [-0.1, -0.05) is 36.4 Å². The Morgan fingerprint density at radius 1 is 0.923 bits per heavy atom. The van der Waals surface area contributed by atoms with Crippen LogP contribution in [0.5, 0.6) is 0 Å². The summed E-state index contributed by atoms with van der Waals surface area (Å²) >= 11 is 0. The highest BCUT2D eigenvalue weighted by Crippen LogP contribution is 2.49. The van der Waals surface area contributed by atoms with Crippen LogP contribution in [0.15, 0.2) is 46.1 Å². The van der Waals surface area contributed by atoms with E-state index in [1.807, 2.05) is 36.4 Å². The molecule has 0 aromatic heterocycles. The summed E-state index contributed by atoms with van der Waals surface area (Å²) in [6, 6.07) is 9.64. The Hall–Kier alpha value is -2.84. The van der Waals surface area contributed by atoms with E-state index in [1.54, 1.807) is 0 Å². The molecule has 134 valence electrons. The zero-order chi connectivity index (χ0) is 18.3. The molecule has 1 aliphatic carbocycles. The highest BCUT2D eigenvalue weighted by molar-refractivity contribution is 6.43. The Morgan fingerprint density at radius 3 is 1.88 bits per heavy atom. The second kappa shape index (κ2) is 6.47. The fourth-order valence-corrected chi connectivity index (χ4v) is 3.64. The molecule has 3 aliphatic rings. The summed E-state index contributed by atoms with van der Waals surface area (Å²) < 4.78 is 9.62. The first-order valence-corrected chi connectivity index (χ1v) is 8.06. The highest BCUT2D eigenvalue weighted by Gasteiger charge is 2.62. The third-order valence-electron chi connectivity index (χ3n) is 4.78. The Morgan fingerprint density at radius 2 is 1.42 bits per heavy atom. The smallest absolute Gasteiger partial charge is 0.354 e. The molecule has 0 radical (unpaired) electrons. The second-order valence-electron chi connectivity index (χ2n) is 6.09. The van der Waals surface area contributed by atoms with Gasteiger partial charge in [0.15, 0.2) is 11.4 Å². The van der Waals surface area contributed by atoms with E-state index in [1.165, 1.54) is 14.2 Å². The number of nitrogens with zero attached hydrogens (tertiary/aromatic N) is 2. The van der Waals surface area contributed by atoms with Crippen molar-refractivity contribution in [1.82, 2.24) is 0 Å². The summed E-state index contributed by atoms with van der Waals surface area (Å²) in [6.07, 6.45) is 0.821. The van der Waals surface area contributed by atoms with Crippen molar-refractivity contribution in [2.45, 2.75) is 12.2 Å². The molecule has 4 unspecified atom stereocenters. The molecule has 2 aliphatic heterocycles. The van der Waals surface area contributed by atoms with Crippen LogP contribution in [0.3, 0.4) is 0 Å². The standard InChI is InChI=1S/C18H16N2O6/c1-23-17(21)13-11-12(14(20-19-13)18(22)24-2)16-10(15(11)25-26-16)8-9-6-4-3-5-7-9/h3-8,11-12,15-16H,1-2H3. The molecule has 26 heavy (non-hydrogen) atoms. The second-order valence-corrected chi connectivity index (χ2v) is 6.09. The third-order valence-corrected chi connectivity index (χ3v) is 4.78. The van der Waals surface area contributed by atoms with Gasteiger partial charge in [-0.15, -0.1) is 10.2 Å². The minimum Gasteiger partial charge on any atom is -0.464 e. The first-order valence-electron chi connectivity index (χ1n) is 8.06. The van der Waals surface area contributed by atoms with Gasteiger partial charge >= 0.3 is 11.9 Å². The molecule has 1 aromatic rings. The van der Waals surface area contributed by atoms with Gasteiger partial charge in [0, 0.05) is 0 Å². The fraction of sp³-hybridized carbons (Fsp3) is 0.333. The fourth-order valence-electron chi connectivity index (χ4n) is 3.64. The van der Waals surface area contributed by atoms with Gasteiger partial charge in [0.05, 0.1) is 26.1 Å². The van der Waals surface area contributed by atoms with E-state index < -0.39 is 36.0 Å². The maximum Gasteiger partial charge on any atom is 0.354 e. The molecule has 0 N–H and O–H groups in total. The van der Waals surface area contributed by atoms with Crippen LogP contribution in [0.4, 0.5) is 0 Å². The number of hydrogen-bond donors (Lipinski definition) is 0. The topological polar surface area (TPSA) is 95.8 Å². The lowest BCUT2D eigenvalue weighted by atomic mass is 9.84. The number of methoxy groups -OCH3 is 2. The molecule has 1 aromatic carbocycles. The Kier molecular flexibility index (Phi) is 4.14. The Bertz CT molecular complexity index is 796. The molecule has 1 saturated heterocycles. The molecular weight excluding hydrogens is 340 g/mol. The Balaban J connectivity index is 1.79. The first-order chi connectivity index (χ1) is 12.7. The lowest BCUT2D eigenvalue weighted by molar-refractivity contribution is -0.328. The summed E-state index contributed by atoms with van der Waals surface area (Å²) in [5, 5.41) is 7.84. The van der Waals surface area contributed by atoms with Gasteiger partial charge in [-0.2, -0.15) is 0 Å². The van der Waals surface area contributed by atoms with Crippen molar-refractivity contribution in [1.29, 1.82) is 0 Å². The van der Waals surface area contributed by atoms with Gasteiger partial charge in [-0.3, -0.25) is 0 Å². The van der Waals surface area contributed by atoms with Gasteiger partial charge in [0.2, 0.25) is 0 Å². The van der Waals surface area contributed by atoms with E-state index >= 15 is 0 Å². The van der Waals surface area contributed by atoms with Gasteiger partial charge < -0.3 is 9.47 Å². The summed E-state index contributed by atoms with van der Waals surface area (Å²) in [5.74, 6) is -2.27. The van der Waals surface area contributed by atoms with Crippen LogP contribution in [-0.4, -0.2) is 49.8 Å². The highest BCUT2D eigenvalue weighted by atomic mass is 17.2. The van der Waals surface area contributed by atoms with E-state index in [2.05, 4.69) is 10.2 Å². The minimum atomic E-state index is -0.608. The van der Waals surface area contributed by atoms with Crippen LogP contribution < -0.4 is 0 Å². The number of carbonyl (C=O) groups excluding carboxylic acids is 2. The molecule has 4 atom stereocenters. The number of hydrogen-bond acceptors (Lipinski definition) is 8. The predicted molar refractivity (Wildman–Crippen MR) is 90.0 cm³/mol. The number of rotatable bonds is 3. The van der Waals surface area contributed by atoms with Gasteiger partial charge in [-0.25, -0.2) is 19.4 Å². The van der Waals surface area contributed by atoms with Crippen LogP contribution in [0.1, 0.15) is 5.56 Å². The predicted octanol–water partition coefficient (Wildman–Crippen LogP) is 1.17. The molecule has 0 amide bonds. The zero-order valence-corrected chi connectivity index (χ0v) is 14.1. The quantitative estimate of drug-likeness (QED) is 0.596. The monoisotopic (exact) mass is 356 g/mol. The summed E-state index contributed by atoms with van der Waals surface area (Å²) in [4.78, 5) is 35.1. The summed E-state index contributed by atoms with van der Waals surface area (Å²) in [6.45, 7) is 0. The van der Waals surface area contributed by atoms with Gasteiger partial charge in [-0.05, 0) is 11.1 Å². The van der Waals surface area contributed by atoms with Crippen molar-refractivity contribution in [3.8, 4) is 0 Å². The SMILES string of the molecule is COC(=O)C1=NN=C(C(=O)OC)C2C3OOC(C3=Cc3ccccc3)C12. The number of benzene rings is 1. The first kappa shape index (κ1) is 16.6. The number of carbonyl (C=O) groups is 2. The molecule has 8 heteroatoms. The molecule has 2 heterocycles. The maximum absolute atomic E-state index is 12.1. The number of ether oxygens (including phenoxy) is 2. The van der Waals surface area contributed by atoms with Crippen LogP contribution >= 0.6 is 0 Å². The molecule has 1 saturated carbocycles. The van der Waals surface area contributed by atoms with Crippen molar-refractivity contribution >= 4 is 29.4 Å². The van der Waals surface area contributed by atoms with Crippen LogP contribution in [-0.2, 0) is 28.8 Å². The molecule has 4 rings (SSSR count). The van der Waals surface area contributed by atoms with Crippen molar-refractivity contribution in [3.63, 3.8) is 0 Å². The van der Waals surface area contributed by atoms with Crippen molar-refractivity contribution in [3.05, 3.63) is 41.5 Å². The lowest BCUT2D eigenvalue weighted by Crippen LogP contribution is -2.47. The maximum atomic E-state index is 12.1. The summed E-state index contributed by atoms with van der Waals surface area (Å²) in [5.41, 5.74) is 2.00. The summed E-state index contributed by atoms with van der Waals surface area (Å²) in [7, 11) is 2.54. The van der Waals surface area contributed by atoms with Crippen LogP contribution in [0, 0.1) is 11.8 Å². The molecular formula is C18H16N2O6. The average Bonchev–Trinajstić information content (AvgIpc) is 3.22. The largest absolute Gasteiger partial charge is 0.464 e. The van der Waals surface area contributed by atoms with Gasteiger partial charge in [0.25, 0.3) is 0 Å². The van der Waals surface area contributed by atoms with Crippen molar-refractivity contribution in [2.24, 2.45) is 22.0 Å². The van der Waals surface area contributed by atoms with E-state index in [0.29, 0.717) is 0 Å². The zero-order valence-electron chi connectivity index (χ0n) is 14.1. The van der Waals surface area contributed by atoms with Crippen LogP contribution in [0.25, 0.3) is 6.08 Å². The van der Waals surface area contributed by atoms with E-state index in [4.69, 9.17) is 19.2 Å². The molecule has 2 fully saturated rings. The van der Waals surface area contributed by atoms with Crippen molar-refractivity contribution in [2.75, 3.05) is 14.2 Å². The molecule has 2 bridgehead atoms. The minimum absolute atomic E-state index is 0.111. The average molecular weight is 356 g/mol. The normalized spacial score (nSPS) is 28.8. The third kappa shape index (κ3) is 2.46. The number of fused-ring (bicyclic) bond motifs is 5. The van der Waals surface area contributed by atoms with E-state index in [0.717, 1.165) is 11.1 Å².